The zero-order valence-corrected chi connectivity index (χ0v) is 7.22. The van der Waals surface area contributed by atoms with Crippen molar-refractivity contribution in [3.63, 3.8) is 0 Å². The number of aryl methyl sites for hydroxylation is 1. The van der Waals surface area contributed by atoms with Crippen LogP contribution in [0.5, 0.6) is 5.75 Å². The zero-order valence-electron chi connectivity index (χ0n) is 7.22. The summed E-state index contributed by atoms with van der Waals surface area (Å²) >= 11 is 0. The molecule has 0 aromatic carbocycles. The van der Waals surface area contributed by atoms with Crippen LogP contribution >= 0.6 is 0 Å². The van der Waals surface area contributed by atoms with Crippen molar-refractivity contribution >= 4 is 0 Å². The predicted molar refractivity (Wildman–Crippen MR) is 44.9 cm³/mol. The molecule has 0 aliphatic rings. The highest BCUT2D eigenvalue weighted by Crippen LogP contribution is 2.17. The van der Waals surface area contributed by atoms with Crippen LogP contribution < -0.4 is 4.74 Å². The minimum Gasteiger partial charge on any atom is -0.493 e. The van der Waals surface area contributed by atoms with Crippen molar-refractivity contribution in [2.24, 2.45) is 0 Å². The van der Waals surface area contributed by atoms with Crippen molar-refractivity contribution in [1.29, 1.82) is 0 Å². The second-order valence-electron chi connectivity index (χ2n) is 2.45. The van der Waals surface area contributed by atoms with Crippen molar-refractivity contribution in [2.75, 3.05) is 6.61 Å². The maximum atomic E-state index is 5.38. The Hall–Kier alpha value is -1.05. The van der Waals surface area contributed by atoms with E-state index in [4.69, 9.17) is 4.74 Å². The van der Waals surface area contributed by atoms with E-state index in [2.05, 4.69) is 4.98 Å². The SMILES string of the molecule is CCOc1ccnc(C)c1C. The lowest BCUT2D eigenvalue weighted by atomic mass is 10.2. The number of rotatable bonds is 2. The minimum atomic E-state index is 0.713. The fourth-order valence-corrected chi connectivity index (χ4v) is 0.929. The molecule has 11 heavy (non-hydrogen) atoms. The molecule has 1 heterocycles. The quantitative estimate of drug-likeness (QED) is 0.645. The van der Waals surface area contributed by atoms with Gasteiger partial charge >= 0.3 is 0 Å². The van der Waals surface area contributed by atoms with Crippen molar-refractivity contribution in [1.82, 2.24) is 4.98 Å². The molecule has 0 unspecified atom stereocenters. The van der Waals surface area contributed by atoms with Gasteiger partial charge in [0, 0.05) is 17.5 Å². The number of nitrogens with zero attached hydrogens (tertiary/aromatic N) is 1. The van der Waals surface area contributed by atoms with Gasteiger partial charge < -0.3 is 4.74 Å². The van der Waals surface area contributed by atoms with E-state index in [-0.39, 0.29) is 0 Å². The van der Waals surface area contributed by atoms with Crippen LogP contribution in [0.4, 0.5) is 0 Å². The van der Waals surface area contributed by atoms with Crippen molar-refractivity contribution in [3.8, 4) is 5.75 Å². The first-order valence-corrected chi connectivity index (χ1v) is 3.80. The molecule has 0 atom stereocenters. The van der Waals surface area contributed by atoms with Crippen molar-refractivity contribution in [3.05, 3.63) is 23.5 Å². The monoisotopic (exact) mass is 151 g/mol. The highest BCUT2D eigenvalue weighted by atomic mass is 16.5. The Balaban J connectivity index is 2.96. The molecule has 0 amide bonds. The predicted octanol–water partition coefficient (Wildman–Crippen LogP) is 2.10. The van der Waals surface area contributed by atoms with Crippen LogP contribution in [0.2, 0.25) is 0 Å². The minimum absolute atomic E-state index is 0.713. The summed E-state index contributed by atoms with van der Waals surface area (Å²) in [5, 5.41) is 0. The van der Waals surface area contributed by atoms with Gasteiger partial charge in [0.25, 0.3) is 0 Å². The largest absolute Gasteiger partial charge is 0.493 e. The van der Waals surface area contributed by atoms with Gasteiger partial charge in [0.1, 0.15) is 5.75 Å². The third kappa shape index (κ3) is 1.70. The summed E-state index contributed by atoms with van der Waals surface area (Å²) in [6, 6.07) is 1.89. The van der Waals surface area contributed by atoms with E-state index in [1.165, 1.54) is 0 Å². The molecule has 2 nitrogen and oxygen atoms in total. The Kier molecular flexibility index (Phi) is 2.47. The maximum Gasteiger partial charge on any atom is 0.125 e. The van der Waals surface area contributed by atoms with Gasteiger partial charge in [0.2, 0.25) is 0 Å². The summed E-state index contributed by atoms with van der Waals surface area (Å²) in [5.74, 6) is 0.944. The Morgan fingerprint density at radius 2 is 2.18 bits per heavy atom. The van der Waals surface area contributed by atoms with Gasteiger partial charge in [-0.1, -0.05) is 0 Å². The molecule has 0 radical (unpaired) electrons. The third-order valence-electron chi connectivity index (χ3n) is 1.71. The topological polar surface area (TPSA) is 22.1 Å². The highest BCUT2D eigenvalue weighted by Gasteiger charge is 2.00. The Bertz CT molecular complexity index is 245. The fourth-order valence-electron chi connectivity index (χ4n) is 0.929. The highest BCUT2D eigenvalue weighted by molar-refractivity contribution is 5.33. The Morgan fingerprint density at radius 3 is 2.82 bits per heavy atom. The fraction of sp³-hybridized carbons (Fsp3) is 0.444. The normalized spacial score (nSPS) is 9.73. The summed E-state index contributed by atoms with van der Waals surface area (Å²) in [6.45, 7) is 6.70. The van der Waals surface area contributed by atoms with Crippen LogP contribution in [0.1, 0.15) is 18.2 Å². The first-order chi connectivity index (χ1) is 5.25. The van der Waals surface area contributed by atoms with E-state index in [0.717, 1.165) is 17.0 Å². The van der Waals surface area contributed by atoms with E-state index < -0.39 is 0 Å². The molecule has 0 saturated carbocycles. The van der Waals surface area contributed by atoms with E-state index in [1.54, 1.807) is 6.20 Å². The van der Waals surface area contributed by atoms with Crippen LogP contribution in [-0.2, 0) is 0 Å². The van der Waals surface area contributed by atoms with Gasteiger partial charge in [-0.25, -0.2) is 0 Å². The van der Waals surface area contributed by atoms with Crippen LogP contribution in [0, 0.1) is 13.8 Å². The first-order valence-electron chi connectivity index (χ1n) is 3.80. The lowest BCUT2D eigenvalue weighted by Gasteiger charge is -2.07. The Labute approximate surface area is 67.2 Å². The van der Waals surface area contributed by atoms with Crippen LogP contribution in [0.25, 0.3) is 0 Å². The lowest BCUT2D eigenvalue weighted by Crippen LogP contribution is -1.96. The standard InChI is InChI=1S/C9H13NO/c1-4-11-9-5-6-10-8(3)7(9)2/h5-6H,4H2,1-3H3. The number of ether oxygens (including phenoxy) is 1. The van der Waals surface area contributed by atoms with Crippen molar-refractivity contribution in [2.45, 2.75) is 20.8 Å². The molecular formula is C9H13NO. The van der Waals surface area contributed by atoms with Crippen LogP contribution in [-0.4, -0.2) is 11.6 Å². The summed E-state index contributed by atoms with van der Waals surface area (Å²) in [7, 11) is 0. The van der Waals surface area contributed by atoms with Crippen LogP contribution in [0.3, 0.4) is 0 Å². The number of aromatic nitrogens is 1. The summed E-state index contributed by atoms with van der Waals surface area (Å²) in [4.78, 5) is 4.14. The smallest absolute Gasteiger partial charge is 0.125 e. The molecule has 1 rings (SSSR count). The molecule has 0 aliphatic heterocycles. The second-order valence-corrected chi connectivity index (χ2v) is 2.45. The molecule has 0 bridgehead atoms. The molecule has 0 fully saturated rings. The molecule has 0 saturated heterocycles. The zero-order chi connectivity index (χ0) is 8.27. The first kappa shape index (κ1) is 8.05. The summed E-state index contributed by atoms with van der Waals surface area (Å²) in [5.41, 5.74) is 2.17. The second kappa shape index (κ2) is 3.37. The molecule has 1 aromatic heterocycles. The maximum absolute atomic E-state index is 5.38. The van der Waals surface area contributed by atoms with Gasteiger partial charge in [-0.2, -0.15) is 0 Å². The van der Waals surface area contributed by atoms with Gasteiger partial charge in [-0.05, 0) is 26.8 Å². The van der Waals surface area contributed by atoms with E-state index >= 15 is 0 Å². The van der Waals surface area contributed by atoms with Crippen LogP contribution in [0.15, 0.2) is 12.3 Å². The molecule has 0 spiro atoms. The van der Waals surface area contributed by atoms with Gasteiger partial charge in [-0.15, -0.1) is 0 Å². The molecular weight excluding hydrogens is 138 g/mol. The van der Waals surface area contributed by atoms with E-state index in [0.29, 0.717) is 6.61 Å². The summed E-state index contributed by atoms with van der Waals surface area (Å²) in [6.07, 6.45) is 1.77. The van der Waals surface area contributed by atoms with E-state index in [9.17, 15) is 0 Å². The van der Waals surface area contributed by atoms with Gasteiger partial charge in [0.15, 0.2) is 0 Å². The molecule has 0 N–H and O–H groups in total. The lowest BCUT2D eigenvalue weighted by molar-refractivity contribution is 0.337. The number of hydrogen-bond acceptors (Lipinski definition) is 2. The third-order valence-corrected chi connectivity index (χ3v) is 1.71. The number of hydrogen-bond donors (Lipinski definition) is 0. The Morgan fingerprint density at radius 1 is 1.45 bits per heavy atom. The molecule has 1 aromatic rings. The summed E-state index contributed by atoms with van der Waals surface area (Å²) < 4.78 is 5.38. The molecule has 2 heteroatoms. The average Bonchev–Trinajstić information content (AvgIpc) is 1.99. The average molecular weight is 151 g/mol. The van der Waals surface area contributed by atoms with E-state index in [1.807, 2.05) is 26.8 Å². The van der Waals surface area contributed by atoms with Gasteiger partial charge in [-0.3, -0.25) is 4.98 Å². The van der Waals surface area contributed by atoms with Gasteiger partial charge in [0.05, 0.1) is 6.61 Å². The molecule has 0 aliphatic carbocycles. The van der Waals surface area contributed by atoms with Crippen molar-refractivity contribution < 1.29 is 4.74 Å². The number of pyridine rings is 1. The molecule has 60 valence electrons.